The third-order valence-electron chi connectivity index (χ3n) is 3.31. The molecule has 2 atom stereocenters. The average Bonchev–Trinajstić information content (AvgIpc) is 2.22. The largest absolute Gasteiger partial charge is 0.328 e. The van der Waals surface area contributed by atoms with E-state index in [1.807, 2.05) is 0 Å². The molecule has 0 aliphatic heterocycles. The molecule has 0 radical (unpaired) electrons. The second-order valence-corrected chi connectivity index (χ2v) is 5.39. The van der Waals surface area contributed by atoms with Crippen molar-refractivity contribution in [1.82, 2.24) is 4.90 Å². The van der Waals surface area contributed by atoms with Crippen molar-refractivity contribution in [2.75, 3.05) is 14.1 Å². The Morgan fingerprint density at radius 2 is 1.82 bits per heavy atom. The Morgan fingerprint density at radius 3 is 2.35 bits per heavy atom. The Kier molecular flexibility index (Phi) is 5.16. The highest BCUT2D eigenvalue weighted by Gasteiger charge is 2.16. The number of hydrogen-bond donors (Lipinski definition) is 1. The van der Waals surface area contributed by atoms with Gasteiger partial charge in [-0.15, -0.1) is 0 Å². The predicted molar refractivity (Wildman–Crippen MR) is 75.2 cm³/mol. The van der Waals surface area contributed by atoms with Gasteiger partial charge in [0, 0.05) is 12.1 Å². The second kappa shape index (κ2) is 6.18. The van der Waals surface area contributed by atoms with E-state index in [2.05, 4.69) is 58.0 Å². The van der Waals surface area contributed by atoms with Crippen LogP contribution >= 0.6 is 0 Å². The highest BCUT2D eigenvalue weighted by molar-refractivity contribution is 5.33. The minimum Gasteiger partial charge on any atom is -0.328 e. The van der Waals surface area contributed by atoms with Gasteiger partial charge in [-0.3, -0.25) is 0 Å². The van der Waals surface area contributed by atoms with Gasteiger partial charge >= 0.3 is 0 Å². The van der Waals surface area contributed by atoms with Gasteiger partial charge in [0.2, 0.25) is 0 Å². The van der Waals surface area contributed by atoms with Crippen molar-refractivity contribution in [1.29, 1.82) is 0 Å². The Hall–Kier alpha value is -0.860. The van der Waals surface area contributed by atoms with Crippen molar-refractivity contribution in [3.8, 4) is 0 Å². The standard InChI is InChI=1S/C15H26N2/c1-11-6-7-12(2)14(10-11)15(17(4)5)9-8-13(3)16/h6-7,10,13,15H,8-9,16H2,1-5H3. The van der Waals surface area contributed by atoms with E-state index in [1.54, 1.807) is 0 Å². The third-order valence-corrected chi connectivity index (χ3v) is 3.31. The van der Waals surface area contributed by atoms with Gasteiger partial charge in [-0.25, -0.2) is 0 Å². The normalized spacial score (nSPS) is 15.0. The van der Waals surface area contributed by atoms with Crippen LogP contribution in [0.3, 0.4) is 0 Å². The van der Waals surface area contributed by atoms with Gasteiger partial charge in [-0.1, -0.05) is 23.8 Å². The van der Waals surface area contributed by atoms with Crippen LogP contribution in [0.1, 0.15) is 42.5 Å². The summed E-state index contributed by atoms with van der Waals surface area (Å²) in [4.78, 5) is 2.30. The minimum atomic E-state index is 0.280. The maximum atomic E-state index is 5.87. The van der Waals surface area contributed by atoms with Crippen molar-refractivity contribution >= 4 is 0 Å². The molecule has 0 spiro atoms. The van der Waals surface area contributed by atoms with Gasteiger partial charge < -0.3 is 10.6 Å². The van der Waals surface area contributed by atoms with Gasteiger partial charge in [-0.05, 0) is 58.8 Å². The van der Waals surface area contributed by atoms with Crippen LogP contribution in [0, 0.1) is 13.8 Å². The molecule has 0 aliphatic carbocycles. The number of benzene rings is 1. The van der Waals surface area contributed by atoms with E-state index in [0.29, 0.717) is 6.04 Å². The Morgan fingerprint density at radius 1 is 1.18 bits per heavy atom. The predicted octanol–water partition coefficient (Wildman–Crippen LogP) is 3.03. The summed E-state index contributed by atoms with van der Waals surface area (Å²) in [5.41, 5.74) is 10.0. The van der Waals surface area contributed by atoms with Gasteiger partial charge in [0.15, 0.2) is 0 Å². The van der Waals surface area contributed by atoms with Crippen LogP contribution in [-0.4, -0.2) is 25.0 Å². The van der Waals surface area contributed by atoms with Crippen molar-refractivity contribution in [3.63, 3.8) is 0 Å². The van der Waals surface area contributed by atoms with Crippen LogP contribution in [0.4, 0.5) is 0 Å². The molecule has 0 aliphatic rings. The molecular formula is C15H26N2. The van der Waals surface area contributed by atoms with E-state index in [4.69, 9.17) is 5.73 Å². The lowest BCUT2D eigenvalue weighted by Crippen LogP contribution is -2.24. The fourth-order valence-corrected chi connectivity index (χ4v) is 2.23. The smallest absolute Gasteiger partial charge is 0.0345 e. The van der Waals surface area contributed by atoms with Crippen molar-refractivity contribution < 1.29 is 0 Å². The number of hydrogen-bond acceptors (Lipinski definition) is 2. The Labute approximate surface area is 106 Å². The zero-order valence-electron chi connectivity index (χ0n) is 11.8. The highest BCUT2D eigenvalue weighted by atomic mass is 15.1. The molecular weight excluding hydrogens is 208 g/mol. The molecule has 2 heteroatoms. The first-order valence-corrected chi connectivity index (χ1v) is 6.41. The molecule has 0 amide bonds. The zero-order valence-corrected chi connectivity index (χ0v) is 11.8. The summed E-state index contributed by atoms with van der Waals surface area (Å²) in [5.74, 6) is 0. The monoisotopic (exact) mass is 234 g/mol. The highest BCUT2D eigenvalue weighted by Crippen LogP contribution is 2.27. The maximum absolute atomic E-state index is 5.87. The summed E-state index contributed by atoms with van der Waals surface area (Å²) in [7, 11) is 4.29. The first kappa shape index (κ1) is 14.2. The molecule has 2 unspecified atom stereocenters. The van der Waals surface area contributed by atoms with Crippen LogP contribution in [0.25, 0.3) is 0 Å². The van der Waals surface area contributed by atoms with Gasteiger partial charge in [-0.2, -0.15) is 0 Å². The quantitative estimate of drug-likeness (QED) is 0.848. The van der Waals surface area contributed by atoms with Crippen molar-refractivity contribution in [3.05, 3.63) is 34.9 Å². The Balaban J connectivity index is 2.92. The topological polar surface area (TPSA) is 29.3 Å². The molecule has 0 saturated carbocycles. The van der Waals surface area contributed by atoms with E-state index < -0.39 is 0 Å². The molecule has 0 bridgehead atoms. The molecule has 0 saturated heterocycles. The molecule has 0 heterocycles. The van der Waals surface area contributed by atoms with E-state index in [-0.39, 0.29) is 6.04 Å². The summed E-state index contributed by atoms with van der Waals surface area (Å²) in [5, 5.41) is 0. The molecule has 1 rings (SSSR count). The molecule has 2 N–H and O–H groups in total. The number of rotatable bonds is 5. The van der Waals surface area contributed by atoms with Crippen LogP contribution in [0.15, 0.2) is 18.2 Å². The van der Waals surface area contributed by atoms with E-state index in [9.17, 15) is 0 Å². The molecule has 96 valence electrons. The lowest BCUT2D eigenvalue weighted by atomic mass is 9.94. The summed E-state index contributed by atoms with van der Waals surface area (Å²) in [6.07, 6.45) is 2.19. The molecule has 0 fully saturated rings. The molecule has 17 heavy (non-hydrogen) atoms. The molecule has 0 aromatic heterocycles. The van der Waals surface area contributed by atoms with Crippen LogP contribution in [-0.2, 0) is 0 Å². The van der Waals surface area contributed by atoms with E-state index >= 15 is 0 Å². The molecule has 1 aromatic rings. The van der Waals surface area contributed by atoms with E-state index in [1.165, 1.54) is 16.7 Å². The van der Waals surface area contributed by atoms with Crippen molar-refractivity contribution in [2.45, 2.75) is 45.7 Å². The van der Waals surface area contributed by atoms with Crippen LogP contribution in [0.5, 0.6) is 0 Å². The average molecular weight is 234 g/mol. The first-order valence-electron chi connectivity index (χ1n) is 6.41. The summed E-state index contributed by atoms with van der Waals surface area (Å²) in [6.45, 7) is 6.42. The first-order chi connectivity index (χ1) is 7.91. The Bertz CT molecular complexity index is 356. The summed E-state index contributed by atoms with van der Waals surface area (Å²) in [6, 6.07) is 7.45. The lowest BCUT2D eigenvalue weighted by molar-refractivity contribution is 0.274. The van der Waals surface area contributed by atoms with Crippen LogP contribution < -0.4 is 5.73 Å². The third kappa shape index (κ3) is 4.14. The second-order valence-electron chi connectivity index (χ2n) is 5.39. The van der Waals surface area contributed by atoms with Crippen molar-refractivity contribution in [2.24, 2.45) is 5.73 Å². The van der Waals surface area contributed by atoms with E-state index in [0.717, 1.165) is 12.8 Å². The van der Waals surface area contributed by atoms with Gasteiger partial charge in [0.1, 0.15) is 0 Å². The zero-order chi connectivity index (χ0) is 13.0. The SMILES string of the molecule is Cc1ccc(C)c(C(CCC(C)N)N(C)C)c1. The molecule has 1 aromatic carbocycles. The fourth-order valence-electron chi connectivity index (χ4n) is 2.23. The fraction of sp³-hybridized carbons (Fsp3) is 0.600. The summed E-state index contributed by atoms with van der Waals surface area (Å²) >= 11 is 0. The summed E-state index contributed by atoms with van der Waals surface area (Å²) < 4.78 is 0. The minimum absolute atomic E-state index is 0.280. The molecule has 2 nitrogen and oxygen atoms in total. The van der Waals surface area contributed by atoms with Gasteiger partial charge in [0.25, 0.3) is 0 Å². The lowest BCUT2D eigenvalue weighted by Gasteiger charge is -2.27. The van der Waals surface area contributed by atoms with Gasteiger partial charge in [0.05, 0.1) is 0 Å². The number of nitrogens with zero attached hydrogens (tertiary/aromatic N) is 1. The number of aryl methyl sites for hydroxylation is 2. The van der Waals surface area contributed by atoms with Crippen LogP contribution in [0.2, 0.25) is 0 Å². The maximum Gasteiger partial charge on any atom is 0.0345 e. The number of nitrogens with two attached hydrogens (primary N) is 1.